The molecule has 2 aromatic rings. The molecule has 2 N–H and O–H groups in total. The van der Waals surface area contributed by atoms with Crippen molar-refractivity contribution in [3.8, 4) is 5.75 Å². The average Bonchev–Trinajstić information content (AvgIpc) is 2.90. The number of nitrogens with one attached hydrogen (secondary N) is 1. The number of benzene rings is 1. The zero-order chi connectivity index (χ0) is 15.4. The van der Waals surface area contributed by atoms with Crippen LogP contribution in [-0.4, -0.2) is 23.6 Å². The Morgan fingerprint density at radius 1 is 1.29 bits per heavy atom. The summed E-state index contributed by atoms with van der Waals surface area (Å²) in [5, 5.41) is 13.7. The van der Waals surface area contributed by atoms with Crippen LogP contribution in [0.3, 0.4) is 0 Å². The molecular weight excluding hydrogens is 337 g/mol. The molecule has 5 nitrogen and oxygen atoms in total. The van der Waals surface area contributed by atoms with E-state index in [0.717, 1.165) is 11.3 Å². The van der Waals surface area contributed by atoms with Crippen LogP contribution in [0, 0.1) is 0 Å². The number of carboxylic acids is 1. The van der Waals surface area contributed by atoms with Gasteiger partial charge in [-0.2, -0.15) is 0 Å². The first kappa shape index (κ1) is 15.6. The number of anilines is 1. The average molecular weight is 346 g/mol. The Balaban J connectivity index is 1.92. The van der Waals surface area contributed by atoms with E-state index in [2.05, 4.69) is 5.32 Å². The van der Waals surface area contributed by atoms with Crippen molar-refractivity contribution in [2.45, 2.75) is 0 Å². The van der Waals surface area contributed by atoms with E-state index in [4.69, 9.17) is 33.0 Å². The summed E-state index contributed by atoms with van der Waals surface area (Å²) in [5.74, 6) is -1.14. The fourth-order valence-electron chi connectivity index (χ4n) is 1.44. The number of carbonyl (C=O) groups excluding carboxylic acids is 1. The van der Waals surface area contributed by atoms with E-state index in [-0.39, 0.29) is 11.5 Å². The van der Waals surface area contributed by atoms with Gasteiger partial charge in [0.25, 0.3) is 5.91 Å². The van der Waals surface area contributed by atoms with Crippen LogP contribution in [0.25, 0.3) is 0 Å². The van der Waals surface area contributed by atoms with Crippen molar-refractivity contribution in [2.75, 3.05) is 11.9 Å². The molecular formula is C13H9Cl2NO4S. The lowest BCUT2D eigenvalue weighted by atomic mass is 10.3. The van der Waals surface area contributed by atoms with Crippen LogP contribution in [0.5, 0.6) is 5.75 Å². The molecule has 0 spiro atoms. The number of thiophene rings is 1. The van der Waals surface area contributed by atoms with Crippen molar-refractivity contribution in [3.05, 3.63) is 44.6 Å². The van der Waals surface area contributed by atoms with Gasteiger partial charge < -0.3 is 15.2 Å². The smallest absolute Gasteiger partial charge is 0.346 e. The van der Waals surface area contributed by atoms with Gasteiger partial charge in [-0.25, -0.2) is 4.79 Å². The predicted molar refractivity (Wildman–Crippen MR) is 81.9 cm³/mol. The Bertz CT molecular complexity index is 687. The second kappa shape index (κ2) is 6.80. The summed E-state index contributed by atoms with van der Waals surface area (Å²) in [4.78, 5) is 22.6. The van der Waals surface area contributed by atoms with Gasteiger partial charge in [-0.05, 0) is 18.2 Å². The van der Waals surface area contributed by atoms with Gasteiger partial charge in [0.15, 0.2) is 6.61 Å². The van der Waals surface area contributed by atoms with Crippen molar-refractivity contribution < 1.29 is 19.4 Å². The topological polar surface area (TPSA) is 75.6 Å². The molecule has 0 aliphatic carbocycles. The summed E-state index contributed by atoms with van der Waals surface area (Å²) in [7, 11) is 0. The second-order valence-electron chi connectivity index (χ2n) is 3.91. The van der Waals surface area contributed by atoms with Crippen LogP contribution in [0.15, 0.2) is 29.6 Å². The van der Waals surface area contributed by atoms with E-state index >= 15 is 0 Å². The van der Waals surface area contributed by atoms with E-state index < -0.39 is 11.9 Å². The molecule has 0 aliphatic heterocycles. The molecule has 110 valence electrons. The lowest BCUT2D eigenvalue weighted by Crippen LogP contribution is -2.20. The molecule has 8 heteroatoms. The summed E-state index contributed by atoms with van der Waals surface area (Å²) < 4.78 is 5.20. The second-order valence-corrected chi connectivity index (χ2v) is 5.67. The lowest BCUT2D eigenvalue weighted by Gasteiger charge is -2.08. The molecule has 0 saturated heterocycles. The van der Waals surface area contributed by atoms with Gasteiger partial charge in [-0.3, -0.25) is 4.79 Å². The molecule has 0 saturated carbocycles. The van der Waals surface area contributed by atoms with Crippen LogP contribution < -0.4 is 10.1 Å². The number of amides is 1. The Hall–Kier alpha value is -1.76. The maximum Gasteiger partial charge on any atom is 0.346 e. The highest BCUT2D eigenvalue weighted by molar-refractivity contribution is 7.12. The first-order valence-electron chi connectivity index (χ1n) is 5.65. The summed E-state index contributed by atoms with van der Waals surface area (Å²) in [6.07, 6.45) is 0. The molecule has 21 heavy (non-hydrogen) atoms. The van der Waals surface area contributed by atoms with E-state index in [1.165, 1.54) is 17.5 Å². The Morgan fingerprint density at radius 3 is 2.71 bits per heavy atom. The fourth-order valence-corrected chi connectivity index (χ4v) is 2.44. The van der Waals surface area contributed by atoms with Crippen molar-refractivity contribution in [2.24, 2.45) is 0 Å². The molecule has 1 amide bonds. The molecule has 0 fully saturated rings. The zero-order valence-electron chi connectivity index (χ0n) is 10.4. The predicted octanol–water partition coefficient (Wildman–Crippen LogP) is 3.77. The zero-order valence-corrected chi connectivity index (χ0v) is 12.8. The molecule has 1 aromatic heterocycles. The number of carboxylic acid groups (broad SMARTS) is 1. The van der Waals surface area contributed by atoms with Crippen molar-refractivity contribution in [1.29, 1.82) is 0 Å². The highest BCUT2D eigenvalue weighted by atomic mass is 35.5. The maximum absolute atomic E-state index is 11.7. The molecule has 2 rings (SSSR count). The number of hydrogen-bond acceptors (Lipinski definition) is 4. The number of halogens is 2. The van der Waals surface area contributed by atoms with E-state index in [9.17, 15) is 9.59 Å². The first-order valence-corrected chi connectivity index (χ1v) is 7.29. The van der Waals surface area contributed by atoms with Crippen LogP contribution in [-0.2, 0) is 4.79 Å². The van der Waals surface area contributed by atoms with Gasteiger partial charge in [0.1, 0.15) is 10.6 Å². The van der Waals surface area contributed by atoms with Crippen LogP contribution >= 0.6 is 34.5 Å². The maximum atomic E-state index is 11.7. The van der Waals surface area contributed by atoms with Gasteiger partial charge in [0.2, 0.25) is 0 Å². The standard InChI is InChI=1S/C13H9Cl2NO4S/c14-7-1-2-9(15)10(3-7)16-12(17)5-20-8-4-11(13(18)19)21-6-8/h1-4,6H,5H2,(H,16,17)(H,18,19). The molecule has 1 heterocycles. The molecule has 0 bridgehead atoms. The van der Waals surface area contributed by atoms with Crippen molar-refractivity contribution >= 4 is 52.1 Å². The Kier molecular flexibility index (Phi) is 5.06. The molecule has 0 radical (unpaired) electrons. The van der Waals surface area contributed by atoms with Crippen LogP contribution in [0.1, 0.15) is 9.67 Å². The number of aromatic carboxylic acids is 1. The fraction of sp³-hybridized carbons (Fsp3) is 0.0769. The highest BCUT2D eigenvalue weighted by Crippen LogP contribution is 2.25. The van der Waals surface area contributed by atoms with Gasteiger partial charge in [-0.15, -0.1) is 11.3 Å². The van der Waals surface area contributed by atoms with Gasteiger partial charge in [0, 0.05) is 16.5 Å². The number of carbonyl (C=O) groups is 2. The van der Waals surface area contributed by atoms with E-state index in [1.54, 1.807) is 12.1 Å². The highest BCUT2D eigenvalue weighted by Gasteiger charge is 2.10. The summed E-state index contributed by atoms with van der Waals surface area (Å²) in [6.45, 7) is -0.265. The quantitative estimate of drug-likeness (QED) is 0.864. The Labute approximate surface area is 134 Å². The van der Waals surface area contributed by atoms with Crippen molar-refractivity contribution in [3.63, 3.8) is 0 Å². The molecule has 0 aliphatic rings. The third-order valence-electron chi connectivity index (χ3n) is 2.36. The van der Waals surface area contributed by atoms with Gasteiger partial charge >= 0.3 is 5.97 Å². The van der Waals surface area contributed by atoms with Crippen LogP contribution in [0.4, 0.5) is 5.69 Å². The molecule has 1 aromatic carbocycles. The first-order chi connectivity index (χ1) is 9.95. The van der Waals surface area contributed by atoms with E-state index in [0.29, 0.717) is 21.5 Å². The largest absolute Gasteiger partial charge is 0.483 e. The van der Waals surface area contributed by atoms with Gasteiger partial charge in [-0.1, -0.05) is 23.2 Å². The van der Waals surface area contributed by atoms with Crippen molar-refractivity contribution in [1.82, 2.24) is 0 Å². The minimum absolute atomic E-state index is 0.142. The SMILES string of the molecule is O=C(COc1csc(C(=O)O)c1)Nc1cc(Cl)ccc1Cl. The monoisotopic (exact) mass is 345 g/mol. The lowest BCUT2D eigenvalue weighted by molar-refractivity contribution is -0.118. The minimum Gasteiger partial charge on any atom is -0.483 e. The minimum atomic E-state index is -1.04. The molecule has 0 atom stereocenters. The third-order valence-corrected chi connectivity index (χ3v) is 3.82. The van der Waals surface area contributed by atoms with Crippen LogP contribution in [0.2, 0.25) is 10.0 Å². The number of rotatable bonds is 5. The number of hydrogen-bond donors (Lipinski definition) is 2. The summed E-state index contributed by atoms with van der Waals surface area (Å²) in [6, 6.07) is 6.05. The van der Waals surface area contributed by atoms with Gasteiger partial charge in [0.05, 0.1) is 10.7 Å². The third kappa shape index (κ3) is 4.35. The summed E-state index contributed by atoms with van der Waals surface area (Å²) >= 11 is 12.8. The molecule has 0 unspecified atom stereocenters. The van der Waals surface area contributed by atoms with E-state index in [1.807, 2.05) is 0 Å². The normalized spacial score (nSPS) is 10.2. The summed E-state index contributed by atoms with van der Waals surface area (Å²) in [5.41, 5.74) is 0.384. The number of ether oxygens (including phenoxy) is 1. The Morgan fingerprint density at radius 2 is 2.05 bits per heavy atom.